The van der Waals surface area contributed by atoms with Crippen molar-refractivity contribution in [2.24, 2.45) is 7.05 Å². The van der Waals surface area contributed by atoms with Gasteiger partial charge in [-0.2, -0.15) is 0 Å². The molecule has 0 spiro atoms. The van der Waals surface area contributed by atoms with Gasteiger partial charge in [0.2, 0.25) is 5.91 Å². The van der Waals surface area contributed by atoms with E-state index in [-0.39, 0.29) is 5.91 Å². The van der Waals surface area contributed by atoms with E-state index in [2.05, 4.69) is 63.1 Å². The Balaban J connectivity index is 1.55. The summed E-state index contributed by atoms with van der Waals surface area (Å²) in [5.74, 6) is 1.07. The number of hydrogen-bond acceptors (Lipinski definition) is 4. The summed E-state index contributed by atoms with van der Waals surface area (Å²) in [6.07, 6.45) is 1.05. The number of benzene rings is 2. The maximum atomic E-state index is 11.7. The third-order valence-electron chi connectivity index (χ3n) is 5.49. The van der Waals surface area contributed by atoms with Crippen molar-refractivity contribution < 1.29 is 4.79 Å². The number of fused-ring (bicyclic) bond motifs is 1. The normalized spacial score (nSPS) is 15.6. The molecule has 1 aromatic heterocycles. The number of nitrogens with zero attached hydrogens (tertiary/aromatic N) is 4. The van der Waals surface area contributed by atoms with Crippen LogP contribution in [0, 0.1) is 0 Å². The number of carbonyl (C=O) groups excluding carboxylic acids is 1. The predicted molar refractivity (Wildman–Crippen MR) is 113 cm³/mol. The van der Waals surface area contributed by atoms with Crippen LogP contribution < -0.4 is 10.2 Å². The number of aryl methyl sites for hydroxylation is 1. The number of aromatic nitrogens is 2. The fourth-order valence-electron chi connectivity index (χ4n) is 3.91. The Bertz CT molecular complexity index is 980. The maximum absolute atomic E-state index is 11.7. The van der Waals surface area contributed by atoms with Gasteiger partial charge in [0.15, 0.2) is 0 Å². The minimum atomic E-state index is 0.0808. The molecule has 2 aromatic carbocycles. The Hall–Kier alpha value is -2.86. The molecule has 6 nitrogen and oxygen atoms in total. The molecule has 1 saturated heterocycles. The van der Waals surface area contributed by atoms with E-state index in [9.17, 15) is 4.79 Å². The molecule has 1 fully saturated rings. The van der Waals surface area contributed by atoms with E-state index < -0.39 is 0 Å². The zero-order valence-electron chi connectivity index (χ0n) is 16.6. The van der Waals surface area contributed by atoms with E-state index in [1.807, 2.05) is 12.1 Å². The lowest BCUT2D eigenvalue weighted by Crippen LogP contribution is -2.38. The summed E-state index contributed by atoms with van der Waals surface area (Å²) < 4.78 is 2.15. The SMILES string of the molecule is CNC(=O)CN1CCCN(c2cccc(-c3nc4ccccc4n3C)c2)CC1. The Morgan fingerprint density at radius 3 is 2.75 bits per heavy atom. The van der Waals surface area contributed by atoms with Crippen LogP contribution in [0.1, 0.15) is 6.42 Å². The van der Waals surface area contributed by atoms with E-state index in [1.54, 1.807) is 7.05 Å². The number of imidazole rings is 1. The van der Waals surface area contributed by atoms with Crippen LogP contribution in [0.5, 0.6) is 0 Å². The molecule has 4 rings (SSSR count). The molecule has 1 amide bonds. The number of amides is 1. The maximum Gasteiger partial charge on any atom is 0.233 e. The lowest BCUT2D eigenvalue weighted by Gasteiger charge is -2.24. The second-order valence-corrected chi connectivity index (χ2v) is 7.32. The van der Waals surface area contributed by atoms with Gasteiger partial charge in [-0.3, -0.25) is 9.69 Å². The average molecular weight is 377 g/mol. The van der Waals surface area contributed by atoms with Crippen LogP contribution in [0.25, 0.3) is 22.4 Å². The van der Waals surface area contributed by atoms with Gasteiger partial charge in [-0.05, 0) is 30.7 Å². The van der Waals surface area contributed by atoms with E-state index in [0.717, 1.165) is 55.0 Å². The lowest BCUT2D eigenvalue weighted by atomic mass is 10.1. The van der Waals surface area contributed by atoms with Crippen molar-refractivity contribution in [1.82, 2.24) is 19.8 Å². The highest BCUT2D eigenvalue weighted by Crippen LogP contribution is 2.27. The van der Waals surface area contributed by atoms with Crippen LogP contribution in [0.15, 0.2) is 48.5 Å². The zero-order valence-corrected chi connectivity index (χ0v) is 16.6. The minimum Gasteiger partial charge on any atom is -0.370 e. The van der Waals surface area contributed by atoms with Crippen LogP contribution in [0.2, 0.25) is 0 Å². The van der Waals surface area contributed by atoms with Crippen molar-refractivity contribution >= 4 is 22.6 Å². The van der Waals surface area contributed by atoms with Crippen molar-refractivity contribution in [3.05, 3.63) is 48.5 Å². The summed E-state index contributed by atoms with van der Waals surface area (Å²) in [7, 11) is 3.76. The van der Waals surface area contributed by atoms with Gasteiger partial charge in [-0.15, -0.1) is 0 Å². The summed E-state index contributed by atoms with van der Waals surface area (Å²) in [6, 6.07) is 16.9. The first-order valence-corrected chi connectivity index (χ1v) is 9.85. The molecule has 3 aromatic rings. The van der Waals surface area contributed by atoms with Crippen molar-refractivity contribution in [2.45, 2.75) is 6.42 Å². The Labute approximate surface area is 165 Å². The molecular weight excluding hydrogens is 350 g/mol. The molecule has 1 aliphatic heterocycles. The monoisotopic (exact) mass is 377 g/mol. The van der Waals surface area contributed by atoms with Crippen molar-refractivity contribution in [1.29, 1.82) is 0 Å². The highest BCUT2D eigenvalue weighted by atomic mass is 16.1. The highest BCUT2D eigenvalue weighted by molar-refractivity contribution is 5.81. The van der Waals surface area contributed by atoms with Crippen molar-refractivity contribution in [3.8, 4) is 11.4 Å². The van der Waals surface area contributed by atoms with Crippen molar-refractivity contribution in [3.63, 3.8) is 0 Å². The van der Waals surface area contributed by atoms with Gasteiger partial charge >= 0.3 is 0 Å². The smallest absolute Gasteiger partial charge is 0.233 e. The number of rotatable bonds is 4. The molecule has 6 heteroatoms. The fourth-order valence-corrected chi connectivity index (χ4v) is 3.91. The van der Waals surface area contributed by atoms with Gasteiger partial charge in [-0.1, -0.05) is 24.3 Å². The van der Waals surface area contributed by atoms with E-state index in [4.69, 9.17) is 4.98 Å². The Morgan fingerprint density at radius 2 is 1.93 bits per heavy atom. The predicted octanol–water partition coefficient (Wildman–Crippen LogP) is 2.50. The quantitative estimate of drug-likeness (QED) is 0.759. The van der Waals surface area contributed by atoms with Crippen LogP contribution >= 0.6 is 0 Å². The first kappa shape index (κ1) is 18.5. The summed E-state index contributed by atoms with van der Waals surface area (Å²) in [6.45, 7) is 4.24. The Kier molecular flexibility index (Phi) is 5.30. The minimum absolute atomic E-state index is 0.0808. The number of nitrogens with one attached hydrogen (secondary N) is 1. The average Bonchev–Trinajstić information content (AvgIpc) is 2.90. The van der Waals surface area contributed by atoms with E-state index in [0.29, 0.717) is 6.54 Å². The standard InChI is InChI=1S/C22H27N5O/c1-23-21(28)16-26-11-6-12-27(14-13-26)18-8-5-7-17(15-18)22-24-19-9-3-4-10-20(19)25(22)2/h3-5,7-10,15H,6,11-14,16H2,1-2H3,(H,23,28). The lowest BCUT2D eigenvalue weighted by molar-refractivity contribution is -0.121. The van der Waals surface area contributed by atoms with Crippen LogP contribution in [0.4, 0.5) is 5.69 Å². The molecular formula is C22H27N5O. The Morgan fingerprint density at radius 1 is 1.07 bits per heavy atom. The molecule has 0 radical (unpaired) electrons. The second-order valence-electron chi connectivity index (χ2n) is 7.32. The number of hydrogen-bond donors (Lipinski definition) is 1. The molecule has 0 aliphatic carbocycles. The van der Waals surface area contributed by atoms with E-state index >= 15 is 0 Å². The molecule has 28 heavy (non-hydrogen) atoms. The van der Waals surface area contributed by atoms with E-state index in [1.165, 1.54) is 5.69 Å². The first-order chi connectivity index (χ1) is 13.7. The number of para-hydroxylation sites is 2. The molecule has 1 N–H and O–H groups in total. The number of likely N-dealkylation sites (N-methyl/N-ethyl adjacent to an activating group) is 1. The van der Waals surface area contributed by atoms with Gasteiger partial charge in [0.25, 0.3) is 0 Å². The summed E-state index contributed by atoms with van der Waals surface area (Å²) in [5.41, 5.74) is 4.50. The molecule has 0 atom stereocenters. The molecule has 0 saturated carbocycles. The summed E-state index contributed by atoms with van der Waals surface area (Å²) in [4.78, 5) is 21.2. The third-order valence-corrected chi connectivity index (χ3v) is 5.49. The molecule has 0 unspecified atom stereocenters. The largest absolute Gasteiger partial charge is 0.370 e. The molecule has 0 bridgehead atoms. The third kappa shape index (κ3) is 3.73. The number of carbonyl (C=O) groups is 1. The summed E-state index contributed by atoms with van der Waals surface area (Å²) >= 11 is 0. The topological polar surface area (TPSA) is 53.4 Å². The number of anilines is 1. The molecule has 1 aliphatic rings. The van der Waals surface area contributed by atoms with Crippen LogP contribution in [-0.4, -0.2) is 60.1 Å². The van der Waals surface area contributed by atoms with Gasteiger partial charge in [0.05, 0.1) is 17.6 Å². The second kappa shape index (κ2) is 8.02. The fraction of sp³-hybridized carbons (Fsp3) is 0.364. The van der Waals surface area contributed by atoms with Gasteiger partial charge < -0.3 is 14.8 Å². The molecule has 146 valence electrons. The van der Waals surface area contributed by atoms with Crippen molar-refractivity contribution in [2.75, 3.05) is 44.7 Å². The van der Waals surface area contributed by atoms with Gasteiger partial charge in [0.1, 0.15) is 5.82 Å². The first-order valence-electron chi connectivity index (χ1n) is 9.85. The molecule has 2 heterocycles. The van der Waals surface area contributed by atoms with Gasteiger partial charge in [0, 0.05) is 51.5 Å². The van der Waals surface area contributed by atoms with Gasteiger partial charge in [-0.25, -0.2) is 4.98 Å². The van der Waals surface area contributed by atoms with Crippen LogP contribution in [0.3, 0.4) is 0 Å². The summed E-state index contributed by atoms with van der Waals surface area (Å²) in [5, 5.41) is 2.71. The zero-order chi connectivity index (χ0) is 19.5. The highest BCUT2D eigenvalue weighted by Gasteiger charge is 2.18. The van der Waals surface area contributed by atoms with Crippen LogP contribution in [-0.2, 0) is 11.8 Å².